The second-order valence-corrected chi connectivity index (χ2v) is 1.81. The van der Waals surface area contributed by atoms with Crippen molar-refractivity contribution in [3.8, 4) is 0 Å². The Balaban J connectivity index is 2.38. The van der Waals surface area contributed by atoms with Gasteiger partial charge in [-0.2, -0.15) is 0 Å². The van der Waals surface area contributed by atoms with E-state index in [1.165, 1.54) is 0 Å². The fourth-order valence-electron chi connectivity index (χ4n) is 0.671. The lowest BCUT2D eigenvalue weighted by atomic mass is 10.2. The SMILES string of the molecule is OC[C@H]1NC=C[C@@H]1O. The number of aliphatic hydroxyl groups excluding tert-OH is 2. The molecule has 0 bridgehead atoms. The maximum absolute atomic E-state index is 8.88. The van der Waals surface area contributed by atoms with Gasteiger partial charge >= 0.3 is 0 Å². The number of nitrogens with one attached hydrogen (secondary N) is 1. The van der Waals surface area contributed by atoms with Crippen LogP contribution in [0.3, 0.4) is 0 Å². The van der Waals surface area contributed by atoms with Gasteiger partial charge in [0.1, 0.15) is 0 Å². The third-order valence-electron chi connectivity index (χ3n) is 1.21. The van der Waals surface area contributed by atoms with Gasteiger partial charge in [-0.05, 0) is 12.3 Å². The molecule has 1 aliphatic heterocycles. The first-order valence-corrected chi connectivity index (χ1v) is 2.56. The summed E-state index contributed by atoms with van der Waals surface area (Å²) in [6.07, 6.45) is 2.74. The van der Waals surface area contributed by atoms with Gasteiger partial charge in [0, 0.05) is 0 Å². The Morgan fingerprint density at radius 3 is 2.62 bits per heavy atom. The van der Waals surface area contributed by atoms with Crippen LogP contribution >= 0.6 is 0 Å². The average Bonchev–Trinajstić information content (AvgIpc) is 2.14. The Kier molecular flexibility index (Phi) is 1.50. The van der Waals surface area contributed by atoms with Crippen LogP contribution in [-0.2, 0) is 0 Å². The van der Waals surface area contributed by atoms with Crippen molar-refractivity contribution in [1.29, 1.82) is 0 Å². The van der Waals surface area contributed by atoms with Crippen LogP contribution in [0.2, 0.25) is 0 Å². The lowest BCUT2D eigenvalue weighted by molar-refractivity contribution is 0.142. The topological polar surface area (TPSA) is 52.5 Å². The minimum atomic E-state index is -0.514. The molecule has 0 radical (unpaired) electrons. The highest BCUT2D eigenvalue weighted by atomic mass is 16.3. The zero-order valence-electron chi connectivity index (χ0n) is 4.41. The van der Waals surface area contributed by atoms with Crippen LogP contribution < -0.4 is 5.32 Å². The molecule has 1 rings (SSSR count). The van der Waals surface area contributed by atoms with Crippen molar-refractivity contribution < 1.29 is 10.2 Å². The average molecular weight is 115 g/mol. The van der Waals surface area contributed by atoms with Gasteiger partial charge in [-0.3, -0.25) is 0 Å². The van der Waals surface area contributed by atoms with Gasteiger partial charge in [0.15, 0.2) is 0 Å². The van der Waals surface area contributed by atoms with Crippen molar-refractivity contribution in [2.75, 3.05) is 6.61 Å². The molecular weight excluding hydrogens is 106 g/mol. The molecule has 1 aliphatic rings. The first-order chi connectivity index (χ1) is 3.84. The van der Waals surface area contributed by atoms with E-state index in [1.54, 1.807) is 12.3 Å². The molecule has 0 saturated heterocycles. The molecule has 3 N–H and O–H groups in total. The summed E-state index contributed by atoms with van der Waals surface area (Å²) in [6, 6.07) is -0.185. The molecule has 0 fully saturated rings. The van der Waals surface area contributed by atoms with Crippen LogP contribution in [0.4, 0.5) is 0 Å². The normalized spacial score (nSPS) is 35.2. The fraction of sp³-hybridized carbons (Fsp3) is 0.600. The standard InChI is InChI=1S/C5H9NO2/c7-3-4-5(8)1-2-6-4/h1-2,4-8H,3H2/t4-,5+/m1/s1. The summed E-state index contributed by atoms with van der Waals surface area (Å²) < 4.78 is 0. The van der Waals surface area contributed by atoms with Crippen molar-refractivity contribution in [1.82, 2.24) is 5.32 Å². The summed E-state index contributed by atoms with van der Waals surface area (Å²) in [5.74, 6) is 0. The Morgan fingerprint density at radius 1 is 1.62 bits per heavy atom. The van der Waals surface area contributed by atoms with Crippen LogP contribution in [0, 0.1) is 0 Å². The number of hydrogen-bond acceptors (Lipinski definition) is 3. The van der Waals surface area contributed by atoms with Gasteiger partial charge < -0.3 is 15.5 Å². The molecule has 3 nitrogen and oxygen atoms in total. The van der Waals surface area contributed by atoms with E-state index in [4.69, 9.17) is 10.2 Å². The molecular formula is C5H9NO2. The van der Waals surface area contributed by atoms with Crippen LogP contribution in [0.15, 0.2) is 12.3 Å². The van der Waals surface area contributed by atoms with Gasteiger partial charge in [0.05, 0.1) is 18.8 Å². The molecule has 2 atom stereocenters. The molecule has 0 aliphatic carbocycles. The Bertz CT molecular complexity index is 103. The largest absolute Gasteiger partial charge is 0.394 e. The van der Waals surface area contributed by atoms with Crippen LogP contribution in [0.1, 0.15) is 0 Å². The molecule has 46 valence electrons. The van der Waals surface area contributed by atoms with E-state index in [2.05, 4.69) is 5.32 Å². The third kappa shape index (κ3) is 0.827. The van der Waals surface area contributed by atoms with E-state index in [1.807, 2.05) is 0 Å². The predicted molar refractivity (Wildman–Crippen MR) is 29.2 cm³/mol. The molecule has 1 heterocycles. The van der Waals surface area contributed by atoms with Crippen molar-refractivity contribution in [2.45, 2.75) is 12.1 Å². The van der Waals surface area contributed by atoms with Crippen molar-refractivity contribution in [2.24, 2.45) is 0 Å². The minimum Gasteiger partial charge on any atom is -0.394 e. The van der Waals surface area contributed by atoms with Gasteiger partial charge in [0.2, 0.25) is 0 Å². The molecule has 0 unspecified atom stereocenters. The Morgan fingerprint density at radius 2 is 2.38 bits per heavy atom. The highest BCUT2D eigenvalue weighted by molar-refractivity contribution is 5.02. The molecule has 0 aromatic carbocycles. The summed E-state index contributed by atoms with van der Waals surface area (Å²) in [5.41, 5.74) is 0. The Hall–Kier alpha value is -0.540. The second-order valence-electron chi connectivity index (χ2n) is 1.81. The van der Waals surface area contributed by atoms with Crippen molar-refractivity contribution >= 4 is 0 Å². The highest BCUT2D eigenvalue weighted by Crippen LogP contribution is 2.00. The maximum Gasteiger partial charge on any atom is 0.0960 e. The summed E-state index contributed by atoms with van der Waals surface area (Å²) >= 11 is 0. The molecule has 3 heteroatoms. The molecule has 8 heavy (non-hydrogen) atoms. The number of aliphatic hydroxyl groups is 2. The monoisotopic (exact) mass is 115 g/mol. The third-order valence-corrected chi connectivity index (χ3v) is 1.21. The van der Waals surface area contributed by atoms with Gasteiger partial charge in [0.25, 0.3) is 0 Å². The first-order valence-electron chi connectivity index (χ1n) is 2.56. The van der Waals surface area contributed by atoms with E-state index in [9.17, 15) is 0 Å². The predicted octanol–water partition coefficient (Wildman–Crippen LogP) is -1.17. The van der Waals surface area contributed by atoms with Crippen molar-refractivity contribution in [3.63, 3.8) is 0 Å². The van der Waals surface area contributed by atoms with Crippen LogP contribution in [0.25, 0.3) is 0 Å². The first kappa shape index (κ1) is 5.59. The van der Waals surface area contributed by atoms with Crippen molar-refractivity contribution in [3.05, 3.63) is 12.3 Å². The van der Waals surface area contributed by atoms with Gasteiger partial charge in [-0.1, -0.05) is 0 Å². The summed E-state index contributed by atoms with van der Waals surface area (Å²) in [4.78, 5) is 0. The van der Waals surface area contributed by atoms with E-state index >= 15 is 0 Å². The summed E-state index contributed by atoms with van der Waals surface area (Å²) in [6.45, 7) is -0.0197. The lowest BCUT2D eigenvalue weighted by Crippen LogP contribution is -2.33. The fourth-order valence-corrected chi connectivity index (χ4v) is 0.671. The quantitative estimate of drug-likeness (QED) is 0.403. The summed E-state index contributed by atoms with van der Waals surface area (Å²) in [7, 11) is 0. The second kappa shape index (κ2) is 2.15. The molecule has 0 aromatic heterocycles. The van der Waals surface area contributed by atoms with E-state index < -0.39 is 6.10 Å². The zero-order valence-corrected chi connectivity index (χ0v) is 4.41. The minimum absolute atomic E-state index is 0.0197. The number of rotatable bonds is 1. The molecule has 0 amide bonds. The van der Waals surface area contributed by atoms with Crippen LogP contribution in [0.5, 0.6) is 0 Å². The smallest absolute Gasteiger partial charge is 0.0960 e. The highest BCUT2D eigenvalue weighted by Gasteiger charge is 2.17. The number of hydrogen-bond donors (Lipinski definition) is 3. The Labute approximate surface area is 47.6 Å². The molecule has 0 spiro atoms. The van der Waals surface area contributed by atoms with Gasteiger partial charge in [-0.25, -0.2) is 0 Å². The zero-order chi connectivity index (χ0) is 5.98. The summed E-state index contributed by atoms with van der Waals surface area (Å²) in [5, 5.41) is 20.1. The van der Waals surface area contributed by atoms with E-state index in [-0.39, 0.29) is 12.6 Å². The lowest BCUT2D eigenvalue weighted by Gasteiger charge is -2.10. The van der Waals surface area contributed by atoms with E-state index in [0.29, 0.717) is 0 Å². The van der Waals surface area contributed by atoms with Gasteiger partial charge in [-0.15, -0.1) is 0 Å². The van der Waals surface area contributed by atoms with E-state index in [0.717, 1.165) is 0 Å². The maximum atomic E-state index is 8.88. The van der Waals surface area contributed by atoms with Crippen LogP contribution in [-0.4, -0.2) is 29.0 Å². The molecule has 0 saturated carbocycles. The molecule has 0 aromatic rings.